The number of piperidine rings is 1. The Morgan fingerprint density at radius 2 is 2.09 bits per heavy atom. The Labute approximate surface area is 140 Å². The Morgan fingerprint density at radius 3 is 2.74 bits per heavy atom. The van der Waals surface area contributed by atoms with E-state index in [9.17, 15) is 4.79 Å². The van der Waals surface area contributed by atoms with Gasteiger partial charge in [0.05, 0.1) is 10.7 Å². The highest BCUT2D eigenvalue weighted by molar-refractivity contribution is 6.33. The van der Waals surface area contributed by atoms with Crippen molar-refractivity contribution in [2.45, 2.75) is 32.7 Å². The number of hydrogen-bond acceptors (Lipinski definition) is 4. The summed E-state index contributed by atoms with van der Waals surface area (Å²) in [4.78, 5) is 16.9. The van der Waals surface area contributed by atoms with Crippen LogP contribution in [0.1, 0.15) is 34.7 Å². The first-order chi connectivity index (χ1) is 11.0. The number of nitrogens with zero attached hydrogens (tertiary/aromatic N) is 3. The molecule has 0 radical (unpaired) electrons. The molecular formula is C16H20ClN5O. The van der Waals surface area contributed by atoms with Gasteiger partial charge in [-0.05, 0) is 58.0 Å². The normalized spacial score (nSPS) is 15.6. The maximum absolute atomic E-state index is 12.5. The molecule has 6 nitrogen and oxygen atoms in total. The number of amides is 1. The summed E-state index contributed by atoms with van der Waals surface area (Å²) >= 11 is 6.18. The summed E-state index contributed by atoms with van der Waals surface area (Å²) in [6.07, 6.45) is 1.83. The van der Waals surface area contributed by atoms with E-state index in [1.54, 1.807) is 16.8 Å². The van der Waals surface area contributed by atoms with Crippen molar-refractivity contribution in [2.75, 3.05) is 13.1 Å². The van der Waals surface area contributed by atoms with E-state index in [2.05, 4.69) is 20.7 Å². The number of carbonyl (C=O) groups is 1. The predicted octanol–water partition coefficient (Wildman–Crippen LogP) is 2.02. The van der Waals surface area contributed by atoms with Crippen molar-refractivity contribution in [1.82, 2.24) is 25.4 Å². The van der Waals surface area contributed by atoms with Gasteiger partial charge in [-0.15, -0.1) is 0 Å². The number of carbonyl (C=O) groups excluding carboxylic acids is 1. The highest BCUT2D eigenvalue weighted by Crippen LogP contribution is 2.18. The van der Waals surface area contributed by atoms with Crippen molar-refractivity contribution in [1.29, 1.82) is 0 Å². The number of aryl methyl sites for hydroxylation is 2. The lowest BCUT2D eigenvalue weighted by atomic mass is 10.1. The molecular weight excluding hydrogens is 314 g/mol. The first kappa shape index (κ1) is 16.0. The first-order valence-corrected chi connectivity index (χ1v) is 8.14. The number of pyridine rings is 1. The van der Waals surface area contributed by atoms with Crippen molar-refractivity contribution in [3.05, 3.63) is 40.3 Å². The van der Waals surface area contributed by atoms with Gasteiger partial charge in [-0.1, -0.05) is 11.6 Å². The lowest BCUT2D eigenvalue weighted by Gasteiger charge is -2.23. The summed E-state index contributed by atoms with van der Waals surface area (Å²) < 4.78 is 1.72. The Morgan fingerprint density at radius 1 is 1.35 bits per heavy atom. The Kier molecular flexibility index (Phi) is 4.63. The third kappa shape index (κ3) is 3.54. The second kappa shape index (κ2) is 6.68. The summed E-state index contributed by atoms with van der Waals surface area (Å²) in [6, 6.07) is 5.59. The van der Waals surface area contributed by atoms with Gasteiger partial charge in [-0.2, -0.15) is 5.10 Å². The van der Waals surface area contributed by atoms with Crippen LogP contribution in [0.4, 0.5) is 0 Å². The minimum Gasteiger partial charge on any atom is -0.348 e. The van der Waals surface area contributed by atoms with Gasteiger partial charge in [0, 0.05) is 11.7 Å². The molecule has 3 heterocycles. The van der Waals surface area contributed by atoms with Crippen LogP contribution < -0.4 is 10.6 Å². The molecule has 0 bridgehead atoms. The van der Waals surface area contributed by atoms with Gasteiger partial charge >= 0.3 is 0 Å². The third-order valence-electron chi connectivity index (χ3n) is 3.95. The monoisotopic (exact) mass is 333 g/mol. The zero-order chi connectivity index (χ0) is 16.4. The summed E-state index contributed by atoms with van der Waals surface area (Å²) in [7, 11) is 0. The van der Waals surface area contributed by atoms with Crippen LogP contribution in [0.25, 0.3) is 5.82 Å². The maximum Gasteiger partial charge on any atom is 0.271 e. The fourth-order valence-electron chi connectivity index (χ4n) is 2.79. The highest BCUT2D eigenvalue weighted by Gasteiger charge is 2.20. The fourth-order valence-corrected chi connectivity index (χ4v) is 2.98. The Bertz CT molecular complexity index is 721. The summed E-state index contributed by atoms with van der Waals surface area (Å²) in [5, 5.41) is 11.0. The molecule has 7 heteroatoms. The molecule has 0 atom stereocenters. The smallest absolute Gasteiger partial charge is 0.271 e. The average molecular weight is 334 g/mol. The molecule has 2 aromatic heterocycles. The molecule has 122 valence electrons. The molecule has 23 heavy (non-hydrogen) atoms. The van der Waals surface area contributed by atoms with E-state index in [1.807, 2.05) is 19.9 Å². The SMILES string of the molecule is Cc1cc(C)n(-c2ccc(Cl)c(C(=O)NC3CCNCC3)n2)n1. The van der Waals surface area contributed by atoms with E-state index < -0.39 is 0 Å². The lowest BCUT2D eigenvalue weighted by molar-refractivity contribution is 0.0924. The van der Waals surface area contributed by atoms with Crippen LogP contribution in [0.5, 0.6) is 0 Å². The van der Waals surface area contributed by atoms with Crippen LogP contribution in [0.3, 0.4) is 0 Å². The number of hydrogen-bond donors (Lipinski definition) is 2. The molecule has 0 aromatic carbocycles. The molecule has 2 aromatic rings. The molecule has 3 rings (SSSR count). The topological polar surface area (TPSA) is 71.8 Å². The van der Waals surface area contributed by atoms with E-state index in [4.69, 9.17) is 11.6 Å². The number of halogens is 1. The minimum absolute atomic E-state index is 0.166. The fraction of sp³-hybridized carbons (Fsp3) is 0.438. The molecule has 1 aliphatic rings. The largest absolute Gasteiger partial charge is 0.348 e. The maximum atomic E-state index is 12.5. The number of aromatic nitrogens is 3. The van der Waals surface area contributed by atoms with Crippen molar-refractivity contribution in [3.8, 4) is 5.82 Å². The molecule has 0 spiro atoms. The number of nitrogens with one attached hydrogen (secondary N) is 2. The Hall–Kier alpha value is -1.92. The van der Waals surface area contributed by atoms with E-state index >= 15 is 0 Å². The van der Waals surface area contributed by atoms with E-state index in [1.165, 1.54) is 0 Å². The van der Waals surface area contributed by atoms with Crippen LogP contribution in [-0.2, 0) is 0 Å². The van der Waals surface area contributed by atoms with Gasteiger partial charge in [0.2, 0.25) is 0 Å². The molecule has 1 amide bonds. The molecule has 0 unspecified atom stereocenters. The molecule has 0 saturated carbocycles. The van der Waals surface area contributed by atoms with Gasteiger partial charge in [0.25, 0.3) is 5.91 Å². The Balaban J connectivity index is 1.85. The van der Waals surface area contributed by atoms with E-state index in [-0.39, 0.29) is 17.6 Å². The van der Waals surface area contributed by atoms with Crippen LogP contribution in [-0.4, -0.2) is 39.8 Å². The molecule has 2 N–H and O–H groups in total. The van der Waals surface area contributed by atoms with Crippen LogP contribution in [0.15, 0.2) is 18.2 Å². The number of rotatable bonds is 3. The van der Waals surface area contributed by atoms with Gasteiger partial charge in [-0.25, -0.2) is 9.67 Å². The van der Waals surface area contributed by atoms with Gasteiger partial charge in [0.15, 0.2) is 5.82 Å². The quantitative estimate of drug-likeness (QED) is 0.901. The van der Waals surface area contributed by atoms with E-state index in [0.717, 1.165) is 37.3 Å². The van der Waals surface area contributed by atoms with Crippen molar-refractivity contribution >= 4 is 17.5 Å². The predicted molar refractivity (Wildman–Crippen MR) is 89.2 cm³/mol. The van der Waals surface area contributed by atoms with Gasteiger partial charge in [0.1, 0.15) is 5.69 Å². The summed E-state index contributed by atoms with van der Waals surface area (Å²) in [5.41, 5.74) is 2.11. The minimum atomic E-state index is -0.231. The van der Waals surface area contributed by atoms with Crippen molar-refractivity contribution in [3.63, 3.8) is 0 Å². The van der Waals surface area contributed by atoms with E-state index in [0.29, 0.717) is 10.8 Å². The van der Waals surface area contributed by atoms with Gasteiger partial charge in [-0.3, -0.25) is 4.79 Å². The summed E-state index contributed by atoms with van der Waals surface area (Å²) in [5.74, 6) is 0.362. The molecule has 1 aliphatic heterocycles. The lowest BCUT2D eigenvalue weighted by Crippen LogP contribution is -2.43. The summed E-state index contributed by atoms with van der Waals surface area (Å²) in [6.45, 7) is 5.70. The van der Waals surface area contributed by atoms with Gasteiger partial charge < -0.3 is 10.6 Å². The molecule has 1 fully saturated rings. The zero-order valence-corrected chi connectivity index (χ0v) is 14.0. The molecule has 1 saturated heterocycles. The average Bonchev–Trinajstić information content (AvgIpc) is 2.87. The second-order valence-corrected chi connectivity index (χ2v) is 6.24. The van der Waals surface area contributed by atoms with Crippen LogP contribution in [0, 0.1) is 13.8 Å². The zero-order valence-electron chi connectivity index (χ0n) is 13.3. The van der Waals surface area contributed by atoms with Crippen LogP contribution in [0.2, 0.25) is 5.02 Å². The second-order valence-electron chi connectivity index (χ2n) is 5.84. The van der Waals surface area contributed by atoms with Crippen molar-refractivity contribution in [2.24, 2.45) is 0 Å². The van der Waals surface area contributed by atoms with Crippen LogP contribution >= 0.6 is 11.6 Å². The third-order valence-corrected chi connectivity index (χ3v) is 4.25. The molecule has 0 aliphatic carbocycles. The first-order valence-electron chi connectivity index (χ1n) is 7.76. The standard InChI is InChI=1S/C16H20ClN5O/c1-10-9-11(2)22(21-10)14-4-3-13(17)15(20-14)16(23)19-12-5-7-18-8-6-12/h3-4,9,12,18H,5-8H2,1-2H3,(H,19,23). The van der Waals surface area contributed by atoms with Crippen molar-refractivity contribution < 1.29 is 4.79 Å². The highest BCUT2D eigenvalue weighted by atomic mass is 35.5.